The molecular weight excluding hydrogens is 390 g/mol. The Bertz CT molecular complexity index is 1230. The highest BCUT2D eigenvalue weighted by Gasteiger charge is 2.22. The summed E-state index contributed by atoms with van der Waals surface area (Å²) in [7, 11) is 0. The second kappa shape index (κ2) is 9.09. The van der Waals surface area contributed by atoms with Crippen molar-refractivity contribution in [3.8, 4) is 28.1 Å². The van der Waals surface area contributed by atoms with E-state index in [0.29, 0.717) is 24.2 Å². The molecule has 1 aromatic heterocycles. The third kappa shape index (κ3) is 4.53. The van der Waals surface area contributed by atoms with Crippen LogP contribution >= 0.6 is 0 Å². The van der Waals surface area contributed by atoms with E-state index < -0.39 is 11.5 Å². The molecule has 0 fully saturated rings. The van der Waals surface area contributed by atoms with Crippen molar-refractivity contribution in [2.45, 2.75) is 6.42 Å². The van der Waals surface area contributed by atoms with E-state index in [4.69, 9.17) is 0 Å². The lowest BCUT2D eigenvalue weighted by Gasteiger charge is -2.14. The number of phenols is 1. The van der Waals surface area contributed by atoms with E-state index in [0.717, 1.165) is 16.7 Å². The largest absolute Gasteiger partial charge is 0.508 e. The first-order valence-corrected chi connectivity index (χ1v) is 9.93. The third-order valence-corrected chi connectivity index (χ3v) is 4.96. The number of aromatic nitrogens is 2. The second-order valence-corrected chi connectivity index (χ2v) is 7.06. The number of benzene rings is 3. The van der Waals surface area contributed by atoms with Crippen LogP contribution in [0.5, 0.6) is 5.75 Å². The lowest BCUT2D eigenvalue weighted by molar-refractivity contribution is 0.0953. The van der Waals surface area contributed by atoms with Gasteiger partial charge in [-0.1, -0.05) is 72.8 Å². The van der Waals surface area contributed by atoms with Crippen LogP contribution in [0, 0.1) is 0 Å². The first-order chi connectivity index (χ1) is 15.1. The zero-order valence-electron chi connectivity index (χ0n) is 16.7. The molecule has 3 aromatic carbocycles. The number of carbonyl (C=O) groups excluding carboxylic acids is 1. The summed E-state index contributed by atoms with van der Waals surface area (Å²) in [5, 5.41) is 19.0. The van der Waals surface area contributed by atoms with E-state index in [9.17, 15) is 14.7 Å². The van der Waals surface area contributed by atoms with Gasteiger partial charge in [0, 0.05) is 17.7 Å². The van der Waals surface area contributed by atoms with Gasteiger partial charge in [0.1, 0.15) is 11.3 Å². The van der Waals surface area contributed by atoms with Gasteiger partial charge in [-0.25, -0.2) is 5.10 Å². The Hall–Kier alpha value is -4.19. The van der Waals surface area contributed by atoms with Crippen molar-refractivity contribution in [1.82, 2.24) is 15.5 Å². The van der Waals surface area contributed by atoms with E-state index in [1.165, 1.54) is 0 Å². The average molecular weight is 411 g/mol. The van der Waals surface area contributed by atoms with Crippen LogP contribution in [0.15, 0.2) is 89.7 Å². The van der Waals surface area contributed by atoms with E-state index in [2.05, 4.69) is 15.5 Å². The molecule has 154 valence electrons. The van der Waals surface area contributed by atoms with Crippen LogP contribution in [-0.4, -0.2) is 27.8 Å². The van der Waals surface area contributed by atoms with Crippen LogP contribution in [0.2, 0.25) is 0 Å². The molecule has 1 heterocycles. The van der Waals surface area contributed by atoms with Crippen molar-refractivity contribution < 1.29 is 9.90 Å². The molecule has 6 heteroatoms. The van der Waals surface area contributed by atoms with Gasteiger partial charge in [0.2, 0.25) is 0 Å². The number of nitrogens with zero attached hydrogens (tertiary/aromatic N) is 1. The summed E-state index contributed by atoms with van der Waals surface area (Å²) in [6, 6.07) is 25.5. The summed E-state index contributed by atoms with van der Waals surface area (Å²) in [6.07, 6.45) is 0.571. The summed E-state index contributed by atoms with van der Waals surface area (Å²) in [5.74, 6) is -0.268. The summed E-state index contributed by atoms with van der Waals surface area (Å²) < 4.78 is 0. The lowest BCUT2D eigenvalue weighted by atomic mass is 9.95. The Kier molecular flexibility index (Phi) is 5.89. The van der Waals surface area contributed by atoms with Crippen LogP contribution in [0.1, 0.15) is 15.9 Å². The fraction of sp³-hybridized carbons (Fsp3) is 0.0800. The van der Waals surface area contributed by atoms with Crippen molar-refractivity contribution >= 4 is 5.91 Å². The van der Waals surface area contributed by atoms with Gasteiger partial charge < -0.3 is 10.4 Å². The zero-order valence-corrected chi connectivity index (χ0v) is 16.7. The molecule has 6 nitrogen and oxygen atoms in total. The number of carbonyl (C=O) groups is 1. The summed E-state index contributed by atoms with van der Waals surface area (Å²) >= 11 is 0. The van der Waals surface area contributed by atoms with E-state index in [1.54, 1.807) is 24.3 Å². The van der Waals surface area contributed by atoms with Crippen molar-refractivity contribution in [3.63, 3.8) is 0 Å². The number of phenolic OH excluding ortho intramolecular Hbond substituents is 1. The van der Waals surface area contributed by atoms with Gasteiger partial charge >= 0.3 is 0 Å². The SMILES string of the molecule is O=C(NCCc1ccc(O)cc1)c1c(-c2ccccc2)c(-c2ccccc2)n[nH]c1=O. The van der Waals surface area contributed by atoms with Crippen molar-refractivity contribution in [2.75, 3.05) is 6.54 Å². The number of hydrogen-bond donors (Lipinski definition) is 3. The molecule has 0 saturated heterocycles. The number of amides is 1. The molecule has 0 unspecified atom stereocenters. The van der Waals surface area contributed by atoms with Gasteiger partial charge in [0.25, 0.3) is 11.5 Å². The van der Waals surface area contributed by atoms with Gasteiger partial charge in [-0.05, 0) is 29.7 Å². The molecule has 0 spiro atoms. The number of H-pyrrole nitrogens is 1. The van der Waals surface area contributed by atoms with Crippen LogP contribution in [0.3, 0.4) is 0 Å². The first-order valence-electron chi connectivity index (χ1n) is 9.93. The van der Waals surface area contributed by atoms with Crippen molar-refractivity contribution in [3.05, 3.63) is 106 Å². The molecule has 0 saturated carbocycles. The summed E-state index contributed by atoms with van der Waals surface area (Å²) in [4.78, 5) is 25.8. The zero-order chi connectivity index (χ0) is 21.6. The molecule has 4 aromatic rings. The molecule has 0 radical (unpaired) electrons. The van der Waals surface area contributed by atoms with E-state index in [1.807, 2.05) is 60.7 Å². The van der Waals surface area contributed by atoms with Gasteiger partial charge in [-0.2, -0.15) is 5.10 Å². The molecule has 0 aliphatic carbocycles. The van der Waals surface area contributed by atoms with Gasteiger partial charge in [0.05, 0.1) is 5.69 Å². The van der Waals surface area contributed by atoms with Crippen LogP contribution < -0.4 is 10.9 Å². The van der Waals surface area contributed by atoms with Gasteiger partial charge in [-0.15, -0.1) is 0 Å². The van der Waals surface area contributed by atoms with Crippen LogP contribution in [0.4, 0.5) is 0 Å². The Balaban J connectivity index is 1.70. The van der Waals surface area contributed by atoms with Crippen molar-refractivity contribution in [1.29, 1.82) is 0 Å². The molecule has 0 bridgehead atoms. The first kappa shape index (κ1) is 20.1. The number of hydrogen-bond acceptors (Lipinski definition) is 4. The number of nitrogens with one attached hydrogen (secondary N) is 2. The molecule has 0 atom stereocenters. The number of aromatic hydroxyl groups is 1. The Labute approximate surface area is 179 Å². The van der Waals surface area contributed by atoms with Crippen LogP contribution in [-0.2, 0) is 6.42 Å². The molecular formula is C25H21N3O3. The molecule has 4 rings (SSSR count). The molecule has 1 amide bonds. The normalized spacial score (nSPS) is 10.6. The summed E-state index contributed by atoms with van der Waals surface area (Å²) in [6.45, 7) is 0.347. The number of aromatic amines is 1. The smallest absolute Gasteiger partial charge is 0.277 e. The van der Waals surface area contributed by atoms with Gasteiger partial charge in [0.15, 0.2) is 0 Å². The van der Waals surface area contributed by atoms with E-state index >= 15 is 0 Å². The molecule has 0 aliphatic heterocycles. The van der Waals surface area contributed by atoms with Gasteiger partial charge in [-0.3, -0.25) is 9.59 Å². The standard InChI is InChI=1S/C25H21N3O3/c29-20-13-11-17(12-14-20)15-16-26-24(30)22-21(18-7-3-1-4-8-18)23(27-28-25(22)31)19-9-5-2-6-10-19/h1-14,29H,15-16H2,(H,26,30)(H,28,31). The Morgan fingerprint density at radius 1 is 0.871 bits per heavy atom. The highest BCUT2D eigenvalue weighted by molar-refractivity contribution is 6.03. The third-order valence-electron chi connectivity index (χ3n) is 4.96. The monoisotopic (exact) mass is 411 g/mol. The quantitative estimate of drug-likeness (QED) is 0.450. The average Bonchev–Trinajstić information content (AvgIpc) is 2.81. The highest BCUT2D eigenvalue weighted by atomic mass is 16.3. The molecule has 3 N–H and O–H groups in total. The maximum Gasteiger partial charge on any atom is 0.277 e. The predicted octanol–water partition coefficient (Wildman–Crippen LogP) is 3.78. The second-order valence-electron chi connectivity index (χ2n) is 7.06. The van der Waals surface area contributed by atoms with Crippen molar-refractivity contribution in [2.24, 2.45) is 0 Å². The fourth-order valence-electron chi connectivity index (χ4n) is 3.43. The van der Waals surface area contributed by atoms with E-state index in [-0.39, 0.29) is 11.3 Å². The Morgan fingerprint density at radius 2 is 1.48 bits per heavy atom. The highest BCUT2D eigenvalue weighted by Crippen LogP contribution is 2.31. The predicted molar refractivity (Wildman–Crippen MR) is 120 cm³/mol. The van der Waals surface area contributed by atoms with Crippen LogP contribution in [0.25, 0.3) is 22.4 Å². The Morgan fingerprint density at radius 3 is 2.13 bits per heavy atom. The maximum atomic E-state index is 13.1. The summed E-state index contributed by atoms with van der Waals surface area (Å²) in [5.41, 5.74) is 3.04. The topological polar surface area (TPSA) is 95.1 Å². The lowest BCUT2D eigenvalue weighted by Crippen LogP contribution is -2.32. The maximum absolute atomic E-state index is 13.1. The fourth-order valence-corrected chi connectivity index (χ4v) is 3.43. The molecule has 31 heavy (non-hydrogen) atoms. The minimum Gasteiger partial charge on any atom is -0.508 e. The molecule has 0 aliphatic rings. The number of rotatable bonds is 6. The minimum atomic E-state index is -0.541. The minimum absolute atomic E-state index is 0.0331.